The third-order valence-corrected chi connectivity index (χ3v) is 8.57. The number of nitriles is 1. The number of ether oxygens (including phenoxy) is 2. The van der Waals surface area contributed by atoms with E-state index < -0.39 is 0 Å². The van der Waals surface area contributed by atoms with Gasteiger partial charge in [-0.2, -0.15) is 5.26 Å². The largest absolute Gasteiger partial charge is 0.373 e. The number of rotatable bonds is 4. The second kappa shape index (κ2) is 10.4. The van der Waals surface area contributed by atoms with Crippen LogP contribution in [0.5, 0.6) is 0 Å². The van der Waals surface area contributed by atoms with Gasteiger partial charge < -0.3 is 24.6 Å². The first-order valence-electron chi connectivity index (χ1n) is 14.1. The normalized spacial score (nSPS) is 27.3. The van der Waals surface area contributed by atoms with E-state index in [0.717, 1.165) is 87.8 Å². The van der Waals surface area contributed by atoms with Crippen molar-refractivity contribution in [3.63, 3.8) is 0 Å². The second-order valence-electron chi connectivity index (χ2n) is 11.2. The summed E-state index contributed by atoms with van der Waals surface area (Å²) >= 11 is 0. The highest BCUT2D eigenvalue weighted by Crippen LogP contribution is 2.32. The summed E-state index contributed by atoms with van der Waals surface area (Å²) in [5.74, 6) is 1.09. The first-order chi connectivity index (χ1) is 19.2. The molecular weight excluding hydrogens is 490 g/mol. The molecule has 3 fully saturated rings. The van der Waals surface area contributed by atoms with Crippen LogP contribution in [0.2, 0.25) is 0 Å². The smallest absolute Gasteiger partial charge is 0.129 e. The van der Waals surface area contributed by atoms with Gasteiger partial charge >= 0.3 is 0 Å². The highest BCUT2D eigenvalue weighted by molar-refractivity contribution is 5.95. The summed E-state index contributed by atoms with van der Waals surface area (Å²) in [6.07, 6.45) is 3.12. The summed E-state index contributed by atoms with van der Waals surface area (Å²) in [4.78, 5) is 17.0. The molecule has 9 nitrogen and oxygen atoms in total. The zero-order valence-corrected chi connectivity index (χ0v) is 22.4. The first-order valence-corrected chi connectivity index (χ1v) is 14.1. The summed E-state index contributed by atoms with van der Waals surface area (Å²) < 4.78 is 12.7. The molecule has 1 aromatic carbocycles. The summed E-state index contributed by atoms with van der Waals surface area (Å²) in [5.41, 5.74) is 5.05. The number of pyridine rings is 2. The second-order valence-corrected chi connectivity index (χ2v) is 11.2. The average Bonchev–Trinajstić information content (AvgIpc) is 3.38. The van der Waals surface area contributed by atoms with Crippen LogP contribution in [-0.2, 0) is 22.4 Å². The van der Waals surface area contributed by atoms with Gasteiger partial charge in [-0.1, -0.05) is 6.07 Å². The number of hydrogen-bond acceptors (Lipinski definition) is 9. The van der Waals surface area contributed by atoms with Crippen LogP contribution in [0.1, 0.15) is 23.7 Å². The molecule has 1 unspecified atom stereocenters. The van der Waals surface area contributed by atoms with Crippen molar-refractivity contribution in [1.29, 1.82) is 5.26 Å². The Balaban J connectivity index is 1.07. The molecular formula is C30H35N7O2. The van der Waals surface area contributed by atoms with Crippen molar-refractivity contribution in [2.75, 3.05) is 62.2 Å². The molecule has 9 heteroatoms. The lowest BCUT2D eigenvalue weighted by molar-refractivity contribution is -0.0317. The van der Waals surface area contributed by atoms with E-state index >= 15 is 0 Å². The standard InChI is InChI=1S/C30H35N7O2/c1-20-15-36(26-6-4-21(13-31)30-24(26)3-2-9-33-30)17-23(39-20)16-35-18-27-28(19-35)38-12-11-37(27)29-7-5-22-14-32-10-8-25(22)34-29/h2-7,9,20,23,27-28,32H,8,10-12,14-19H2,1H3/t20-,23+,27+,28?/m1/s1. The molecule has 0 aliphatic carbocycles. The minimum Gasteiger partial charge on any atom is -0.373 e. The van der Waals surface area contributed by atoms with Crippen LogP contribution in [0.4, 0.5) is 11.5 Å². The lowest BCUT2D eigenvalue weighted by Crippen LogP contribution is -2.52. The van der Waals surface area contributed by atoms with Crippen LogP contribution in [0, 0.1) is 11.3 Å². The number of fused-ring (bicyclic) bond motifs is 3. The summed E-state index contributed by atoms with van der Waals surface area (Å²) in [5, 5.41) is 14.0. The number of morpholine rings is 2. The summed E-state index contributed by atoms with van der Waals surface area (Å²) in [7, 11) is 0. The SMILES string of the molecule is C[C@@H]1CN(c2ccc(C#N)c3ncccc23)C[C@H](CN2CC3OCCN(c4ccc5c(n4)CCNC5)[C@H]3C2)O1. The molecule has 4 aliphatic heterocycles. The van der Waals surface area contributed by atoms with Crippen molar-refractivity contribution < 1.29 is 9.47 Å². The van der Waals surface area contributed by atoms with Crippen molar-refractivity contribution in [2.45, 2.75) is 44.2 Å². The lowest BCUT2D eigenvalue weighted by Gasteiger charge is -2.40. The Morgan fingerprint density at radius 1 is 1.13 bits per heavy atom. The molecule has 0 amide bonds. The van der Waals surface area contributed by atoms with Crippen LogP contribution in [0.15, 0.2) is 42.6 Å². The first kappa shape index (κ1) is 24.7. The van der Waals surface area contributed by atoms with E-state index in [4.69, 9.17) is 14.5 Å². The lowest BCUT2D eigenvalue weighted by atomic mass is 10.1. The third kappa shape index (κ3) is 4.72. The van der Waals surface area contributed by atoms with Crippen LogP contribution < -0.4 is 15.1 Å². The van der Waals surface area contributed by atoms with E-state index in [9.17, 15) is 5.26 Å². The van der Waals surface area contributed by atoms with Gasteiger partial charge in [-0.25, -0.2) is 4.98 Å². The Morgan fingerprint density at radius 2 is 2.08 bits per heavy atom. The predicted molar refractivity (Wildman–Crippen MR) is 150 cm³/mol. The number of anilines is 2. The Labute approximate surface area is 229 Å². The zero-order valence-electron chi connectivity index (χ0n) is 22.4. The highest BCUT2D eigenvalue weighted by Gasteiger charge is 2.42. The number of likely N-dealkylation sites (tertiary alicyclic amines) is 1. The molecule has 7 rings (SSSR count). The fourth-order valence-electron chi connectivity index (χ4n) is 6.84. The van der Waals surface area contributed by atoms with E-state index in [1.807, 2.05) is 12.1 Å². The molecule has 39 heavy (non-hydrogen) atoms. The van der Waals surface area contributed by atoms with E-state index in [2.05, 4.69) is 62.3 Å². The Hall–Kier alpha value is -3.29. The van der Waals surface area contributed by atoms with Crippen molar-refractivity contribution in [1.82, 2.24) is 20.2 Å². The zero-order chi connectivity index (χ0) is 26.3. The molecule has 1 N–H and O–H groups in total. The van der Waals surface area contributed by atoms with E-state index in [-0.39, 0.29) is 18.3 Å². The van der Waals surface area contributed by atoms with Gasteiger partial charge in [0.05, 0.1) is 42.0 Å². The van der Waals surface area contributed by atoms with Crippen molar-refractivity contribution in [3.8, 4) is 6.07 Å². The molecule has 4 atom stereocenters. The summed E-state index contributed by atoms with van der Waals surface area (Å²) in [6, 6.07) is 15.0. The number of aromatic nitrogens is 2. The van der Waals surface area contributed by atoms with Crippen LogP contribution in [0.3, 0.4) is 0 Å². The van der Waals surface area contributed by atoms with Gasteiger partial charge in [0.15, 0.2) is 0 Å². The third-order valence-electron chi connectivity index (χ3n) is 8.57. The van der Waals surface area contributed by atoms with Gasteiger partial charge in [-0.05, 0) is 42.8 Å². The molecule has 0 spiro atoms. The quantitative estimate of drug-likeness (QED) is 0.551. The number of benzene rings is 1. The van der Waals surface area contributed by atoms with E-state index in [0.29, 0.717) is 11.6 Å². The maximum atomic E-state index is 9.56. The number of nitrogens with zero attached hydrogens (tertiary/aromatic N) is 6. The predicted octanol–water partition coefficient (Wildman–Crippen LogP) is 2.33. The topological polar surface area (TPSA) is 89.8 Å². The Bertz CT molecular complexity index is 1410. The van der Waals surface area contributed by atoms with Gasteiger partial charge in [-0.3, -0.25) is 9.88 Å². The number of nitrogens with one attached hydrogen (secondary N) is 1. The summed E-state index contributed by atoms with van der Waals surface area (Å²) in [6.45, 7) is 10.0. The van der Waals surface area contributed by atoms with Crippen molar-refractivity contribution >= 4 is 22.4 Å². The van der Waals surface area contributed by atoms with Crippen molar-refractivity contribution in [3.05, 3.63) is 59.4 Å². The maximum absolute atomic E-state index is 9.56. The van der Waals surface area contributed by atoms with Gasteiger partial charge in [0.1, 0.15) is 11.9 Å². The minimum absolute atomic E-state index is 0.0825. The molecule has 0 bridgehead atoms. The van der Waals surface area contributed by atoms with Crippen LogP contribution >= 0.6 is 0 Å². The van der Waals surface area contributed by atoms with Crippen molar-refractivity contribution in [2.24, 2.45) is 0 Å². The molecule has 0 saturated carbocycles. The maximum Gasteiger partial charge on any atom is 0.129 e. The minimum atomic E-state index is 0.0825. The van der Waals surface area contributed by atoms with Gasteiger partial charge in [-0.15, -0.1) is 0 Å². The van der Waals surface area contributed by atoms with Gasteiger partial charge in [0.2, 0.25) is 0 Å². The van der Waals surface area contributed by atoms with E-state index in [1.165, 1.54) is 11.3 Å². The Kier molecular flexibility index (Phi) is 6.57. The highest BCUT2D eigenvalue weighted by atomic mass is 16.5. The molecule has 3 saturated heterocycles. The van der Waals surface area contributed by atoms with Crippen LogP contribution in [-0.4, -0.2) is 91.6 Å². The Morgan fingerprint density at radius 3 is 3.00 bits per heavy atom. The molecule has 6 heterocycles. The fourth-order valence-corrected chi connectivity index (χ4v) is 6.84. The molecule has 202 valence electrons. The molecule has 4 aliphatic rings. The molecule has 0 radical (unpaired) electrons. The molecule has 2 aromatic heterocycles. The van der Waals surface area contributed by atoms with E-state index in [1.54, 1.807) is 6.20 Å². The fraction of sp³-hybridized carbons (Fsp3) is 0.500. The van der Waals surface area contributed by atoms with Gasteiger partial charge in [0.25, 0.3) is 0 Å². The van der Waals surface area contributed by atoms with Gasteiger partial charge in [0, 0.05) is 81.7 Å². The monoisotopic (exact) mass is 525 g/mol. The van der Waals surface area contributed by atoms with Crippen LogP contribution in [0.25, 0.3) is 10.9 Å². The molecule has 3 aromatic rings. The average molecular weight is 526 g/mol. The number of hydrogen-bond donors (Lipinski definition) is 1.